The van der Waals surface area contributed by atoms with Crippen molar-refractivity contribution >= 4 is 17.9 Å². The fourth-order valence-electron chi connectivity index (χ4n) is 2.39. The fourth-order valence-corrected chi connectivity index (χ4v) is 2.39. The van der Waals surface area contributed by atoms with Crippen LogP contribution >= 0.6 is 0 Å². The van der Waals surface area contributed by atoms with E-state index < -0.39 is 30.0 Å². The summed E-state index contributed by atoms with van der Waals surface area (Å²) in [5.74, 6) is -1.77. The molecule has 2 N–H and O–H groups in total. The van der Waals surface area contributed by atoms with Crippen LogP contribution in [0.25, 0.3) is 0 Å². The Kier molecular flexibility index (Phi) is 3.54. The summed E-state index contributed by atoms with van der Waals surface area (Å²) < 4.78 is 0. The number of nitrogens with zero attached hydrogens (tertiary/aromatic N) is 1. The Balaban J connectivity index is 1.92. The lowest BCUT2D eigenvalue weighted by Gasteiger charge is -2.11. The van der Waals surface area contributed by atoms with E-state index in [0.29, 0.717) is 12.8 Å². The first-order valence-corrected chi connectivity index (χ1v) is 6.42. The van der Waals surface area contributed by atoms with E-state index in [-0.39, 0.29) is 5.91 Å². The predicted molar refractivity (Wildman–Crippen MR) is 62.8 cm³/mol. The van der Waals surface area contributed by atoms with Crippen molar-refractivity contribution < 1.29 is 19.5 Å². The quantitative estimate of drug-likeness (QED) is 0.546. The maximum absolute atomic E-state index is 12.0. The number of carboxylic acid groups (broad SMARTS) is 1. The molecule has 0 spiro atoms. The summed E-state index contributed by atoms with van der Waals surface area (Å²) in [5, 5.41) is 11.5. The van der Waals surface area contributed by atoms with Gasteiger partial charge in [-0.05, 0) is 12.8 Å². The minimum atomic E-state index is -0.935. The predicted octanol–water partition coefficient (Wildman–Crippen LogP) is 0.960. The van der Waals surface area contributed by atoms with Gasteiger partial charge in [-0.2, -0.15) is 0 Å². The molecule has 6 heteroatoms. The average molecular weight is 254 g/mol. The summed E-state index contributed by atoms with van der Waals surface area (Å²) in [6, 6.07) is -1.33. The molecule has 2 aliphatic rings. The van der Waals surface area contributed by atoms with Crippen LogP contribution in [0.2, 0.25) is 0 Å². The van der Waals surface area contributed by atoms with Crippen LogP contribution in [-0.2, 0) is 9.59 Å². The number of urea groups is 1. The third kappa shape index (κ3) is 2.32. The second kappa shape index (κ2) is 4.96. The van der Waals surface area contributed by atoms with E-state index in [9.17, 15) is 14.4 Å². The molecule has 100 valence electrons. The number of carboxylic acids is 1. The summed E-state index contributed by atoms with van der Waals surface area (Å²) >= 11 is 0. The van der Waals surface area contributed by atoms with Gasteiger partial charge >= 0.3 is 12.0 Å². The van der Waals surface area contributed by atoms with E-state index >= 15 is 0 Å². The van der Waals surface area contributed by atoms with Gasteiger partial charge in [-0.25, -0.2) is 4.79 Å². The van der Waals surface area contributed by atoms with Crippen molar-refractivity contribution in [2.24, 2.45) is 5.92 Å². The zero-order valence-corrected chi connectivity index (χ0v) is 10.4. The van der Waals surface area contributed by atoms with Crippen molar-refractivity contribution in [2.75, 3.05) is 0 Å². The number of imide groups is 1. The molecule has 0 aromatic heterocycles. The van der Waals surface area contributed by atoms with Crippen LogP contribution in [0.4, 0.5) is 4.79 Å². The van der Waals surface area contributed by atoms with Crippen LogP contribution in [0.5, 0.6) is 0 Å². The minimum Gasteiger partial charge on any atom is -0.481 e. The zero-order valence-electron chi connectivity index (χ0n) is 10.4. The van der Waals surface area contributed by atoms with Crippen LogP contribution < -0.4 is 5.32 Å². The molecule has 0 aromatic carbocycles. The number of carbonyl (C=O) groups is 3. The van der Waals surface area contributed by atoms with E-state index in [1.54, 1.807) is 0 Å². The van der Waals surface area contributed by atoms with E-state index in [2.05, 4.69) is 12.2 Å². The molecule has 3 amide bonds. The Labute approximate surface area is 105 Å². The maximum atomic E-state index is 12.0. The second-order valence-corrected chi connectivity index (χ2v) is 4.95. The topological polar surface area (TPSA) is 86.7 Å². The molecule has 0 radical (unpaired) electrons. The number of amides is 3. The highest BCUT2D eigenvalue weighted by Crippen LogP contribution is 2.37. The van der Waals surface area contributed by atoms with Gasteiger partial charge in [-0.15, -0.1) is 0 Å². The van der Waals surface area contributed by atoms with Crippen LogP contribution in [0.3, 0.4) is 0 Å². The molecular weight excluding hydrogens is 236 g/mol. The smallest absolute Gasteiger partial charge is 0.325 e. The number of rotatable bonds is 6. The van der Waals surface area contributed by atoms with Crippen molar-refractivity contribution in [2.45, 2.75) is 51.1 Å². The molecule has 2 fully saturated rings. The Morgan fingerprint density at radius 3 is 2.72 bits per heavy atom. The molecule has 0 aromatic rings. The van der Waals surface area contributed by atoms with Gasteiger partial charge in [0.2, 0.25) is 0 Å². The summed E-state index contributed by atoms with van der Waals surface area (Å²) in [7, 11) is 0. The first kappa shape index (κ1) is 12.9. The summed E-state index contributed by atoms with van der Waals surface area (Å²) in [5.41, 5.74) is 0. The Morgan fingerprint density at radius 1 is 1.44 bits per heavy atom. The maximum Gasteiger partial charge on any atom is 0.325 e. The van der Waals surface area contributed by atoms with Crippen LogP contribution in [0.15, 0.2) is 0 Å². The van der Waals surface area contributed by atoms with Gasteiger partial charge in [-0.3, -0.25) is 14.5 Å². The third-order valence-electron chi connectivity index (χ3n) is 3.55. The molecule has 2 rings (SSSR count). The zero-order chi connectivity index (χ0) is 13.3. The van der Waals surface area contributed by atoms with Gasteiger partial charge in [0.25, 0.3) is 5.91 Å². The van der Waals surface area contributed by atoms with Crippen LogP contribution in [0.1, 0.15) is 39.0 Å². The molecule has 1 saturated heterocycles. The largest absolute Gasteiger partial charge is 0.481 e. The lowest BCUT2D eigenvalue weighted by Crippen LogP contribution is -2.35. The lowest BCUT2D eigenvalue weighted by atomic mass is 10.1. The lowest BCUT2D eigenvalue weighted by molar-refractivity contribution is -0.139. The number of nitrogens with one attached hydrogen (secondary N) is 1. The highest BCUT2D eigenvalue weighted by molar-refractivity contribution is 6.05. The van der Waals surface area contributed by atoms with Gasteiger partial charge in [0.1, 0.15) is 6.04 Å². The number of unbranched alkanes of at least 4 members (excludes halogenated alkanes) is 2. The van der Waals surface area contributed by atoms with Crippen molar-refractivity contribution in [3.63, 3.8) is 0 Å². The Hall–Kier alpha value is -1.59. The highest BCUT2D eigenvalue weighted by atomic mass is 16.4. The fraction of sp³-hybridized carbons (Fsp3) is 0.750. The Morgan fingerprint density at radius 2 is 2.17 bits per heavy atom. The SMILES string of the molecule is CCCCCC1NC(=O)N(C2CC2C(=O)O)C1=O. The summed E-state index contributed by atoms with van der Waals surface area (Å²) in [6.07, 6.45) is 4.01. The van der Waals surface area contributed by atoms with E-state index in [4.69, 9.17) is 5.11 Å². The normalized spacial score (nSPS) is 30.5. The first-order valence-electron chi connectivity index (χ1n) is 6.42. The monoisotopic (exact) mass is 254 g/mol. The molecule has 6 nitrogen and oxygen atoms in total. The third-order valence-corrected chi connectivity index (χ3v) is 3.55. The molecule has 0 bridgehead atoms. The van der Waals surface area contributed by atoms with E-state index in [1.807, 2.05) is 0 Å². The minimum absolute atomic E-state index is 0.259. The van der Waals surface area contributed by atoms with E-state index in [0.717, 1.165) is 24.2 Å². The number of aliphatic carboxylic acids is 1. The van der Waals surface area contributed by atoms with Crippen molar-refractivity contribution in [1.29, 1.82) is 0 Å². The first-order chi connectivity index (χ1) is 8.56. The molecule has 1 heterocycles. The molecule has 18 heavy (non-hydrogen) atoms. The molecular formula is C12H18N2O4. The molecule has 1 aliphatic heterocycles. The molecule has 3 unspecified atom stereocenters. The number of carbonyl (C=O) groups excluding carboxylic acids is 2. The molecule has 1 saturated carbocycles. The van der Waals surface area contributed by atoms with E-state index in [1.165, 1.54) is 0 Å². The standard InChI is InChI=1S/C12H18N2O4/c1-2-3-4-5-8-10(15)14(12(18)13-8)9-6-7(9)11(16)17/h7-9H,2-6H2,1H3,(H,13,18)(H,16,17). The highest BCUT2D eigenvalue weighted by Gasteiger charge is 2.54. The van der Waals surface area contributed by atoms with Crippen LogP contribution in [-0.4, -0.2) is 40.0 Å². The van der Waals surface area contributed by atoms with Gasteiger partial charge in [0.15, 0.2) is 0 Å². The average Bonchev–Trinajstić information content (AvgIpc) is 3.03. The summed E-state index contributed by atoms with van der Waals surface area (Å²) in [6.45, 7) is 2.07. The van der Waals surface area contributed by atoms with Gasteiger partial charge in [0, 0.05) is 0 Å². The Bertz CT molecular complexity index is 382. The molecule has 3 atom stereocenters. The van der Waals surface area contributed by atoms with Gasteiger partial charge < -0.3 is 10.4 Å². The van der Waals surface area contributed by atoms with Crippen molar-refractivity contribution in [1.82, 2.24) is 10.2 Å². The molecule has 1 aliphatic carbocycles. The van der Waals surface area contributed by atoms with Crippen LogP contribution in [0, 0.1) is 5.92 Å². The number of hydrogen-bond acceptors (Lipinski definition) is 3. The van der Waals surface area contributed by atoms with Gasteiger partial charge in [-0.1, -0.05) is 26.2 Å². The second-order valence-electron chi connectivity index (χ2n) is 4.95. The number of hydrogen-bond donors (Lipinski definition) is 2. The van der Waals surface area contributed by atoms with Crippen molar-refractivity contribution in [3.05, 3.63) is 0 Å². The van der Waals surface area contributed by atoms with Gasteiger partial charge in [0.05, 0.1) is 12.0 Å². The van der Waals surface area contributed by atoms with Crippen molar-refractivity contribution in [3.8, 4) is 0 Å². The summed E-state index contributed by atoms with van der Waals surface area (Å²) in [4.78, 5) is 35.6.